The molecule has 0 N–H and O–H groups in total. The van der Waals surface area contributed by atoms with Crippen molar-refractivity contribution in [2.24, 2.45) is 0 Å². The van der Waals surface area contributed by atoms with E-state index in [1.807, 2.05) is 60.8 Å². The Morgan fingerprint density at radius 3 is 2.52 bits per heavy atom. The number of pyridine rings is 1. The van der Waals surface area contributed by atoms with Crippen molar-refractivity contribution in [1.29, 1.82) is 0 Å². The molecule has 2 aromatic heterocycles. The number of rotatable bonds is 3. The molecule has 4 aromatic rings. The van der Waals surface area contributed by atoms with Crippen LogP contribution in [0.15, 0.2) is 88.9 Å². The third kappa shape index (κ3) is 2.85. The number of aromatic nitrogens is 2. The summed E-state index contributed by atoms with van der Waals surface area (Å²) in [4.78, 5) is 5.91. The molecule has 0 spiro atoms. The van der Waals surface area contributed by atoms with Crippen LogP contribution in [0.4, 0.5) is 0 Å². The van der Waals surface area contributed by atoms with E-state index >= 15 is 0 Å². The Labute approximate surface area is 143 Å². The summed E-state index contributed by atoms with van der Waals surface area (Å²) in [5, 5.41) is 1.83. The molecule has 0 saturated carbocycles. The van der Waals surface area contributed by atoms with Gasteiger partial charge in [-0.05, 0) is 30.3 Å². The second kappa shape index (κ2) is 6.11. The van der Waals surface area contributed by atoms with Crippen LogP contribution in [0.2, 0.25) is 5.02 Å². The van der Waals surface area contributed by atoms with E-state index in [9.17, 15) is 0 Å². The molecule has 2 aromatic carbocycles. The van der Waals surface area contributed by atoms with Gasteiger partial charge < -0.3 is 0 Å². The van der Waals surface area contributed by atoms with Crippen LogP contribution in [0.1, 0.15) is 0 Å². The lowest BCUT2D eigenvalue weighted by Gasteiger charge is -2.05. The minimum Gasteiger partial charge on any atom is -0.294 e. The molecule has 0 aliphatic heterocycles. The van der Waals surface area contributed by atoms with Gasteiger partial charge in [0.2, 0.25) is 0 Å². The van der Waals surface area contributed by atoms with Gasteiger partial charge in [-0.3, -0.25) is 4.40 Å². The van der Waals surface area contributed by atoms with Gasteiger partial charge in [0.25, 0.3) is 0 Å². The van der Waals surface area contributed by atoms with Crippen molar-refractivity contribution in [2.75, 3.05) is 0 Å². The predicted molar refractivity (Wildman–Crippen MR) is 96.2 cm³/mol. The van der Waals surface area contributed by atoms with Crippen molar-refractivity contribution in [2.45, 2.75) is 9.92 Å². The summed E-state index contributed by atoms with van der Waals surface area (Å²) in [6, 6.07) is 24.2. The van der Waals surface area contributed by atoms with E-state index in [-0.39, 0.29) is 0 Å². The summed E-state index contributed by atoms with van der Waals surface area (Å²) in [5.41, 5.74) is 3.04. The number of benzene rings is 2. The maximum Gasteiger partial charge on any atom is 0.138 e. The fraction of sp³-hybridized carbons (Fsp3) is 0. The zero-order valence-electron chi connectivity index (χ0n) is 12.2. The Kier molecular flexibility index (Phi) is 3.82. The fourth-order valence-corrected chi connectivity index (χ4v) is 3.82. The van der Waals surface area contributed by atoms with E-state index in [2.05, 4.69) is 22.6 Å². The third-order valence-electron chi connectivity index (χ3n) is 3.54. The Bertz CT molecular complexity index is 963. The van der Waals surface area contributed by atoms with E-state index in [0.29, 0.717) is 0 Å². The van der Waals surface area contributed by atoms with E-state index in [4.69, 9.17) is 16.6 Å². The van der Waals surface area contributed by atoms with Gasteiger partial charge in [0.1, 0.15) is 16.4 Å². The summed E-state index contributed by atoms with van der Waals surface area (Å²) < 4.78 is 2.12. The molecule has 0 aliphatic rings. The summed E-state index contributed by atoms with van der Waals surface area (Å²) in [6.07, 6.45) is 2.04. The van der Waals surface area contributed by atoms with Gasteiger partial charge in [-0.2, -0.15) is 0 Å². The molecule has 2 heterocycles. The molecule has 0 radical (unpaired) electrons. The van der Waals surface area contributed by atoms with Gasteiger partial charge in [0, 0.05) is 21.7 Å². The molecule has 0 fully saturated rings. The van der Waals surface area contributed by atoms with Crippen molar-refractivity contribution in [3.8, 4) is 11.3 Å². The lowest BCUT2D eigenvalue weighted by atomic mass is 10.2. The summed E-state index contributed by atoms with van der Waals surface area (Å²) in [7, 11) is 0. The standard InChI is InChI=1S/C19H13ClN2S/c20-15-9-6-10-16(13-15)23-19-18(14-7-2-1-3-8-14)21-17-11-4-5-12-22(17)19/h1-13H. The molecule has 4 heteroatoms. The predicted octanol–water partition coefficient (Wildman–Crippen LogP) is 5.81. The Hall–Kier alpha value is -2.23. The van der Waals surface area contributed by atoms with Gasteiger partial charge in [-0.15, -0.1) is 0 Å². The Morgan fingerprint density at radius 1 is 0.870 bits per heavy atom. The van der Waals surface area contributed by atoms with E-state index in [1.54, 1.807) is 11.8 Å². The van der Waals surface area contributed by atoms with Gasteiger partial charge in [-0.25, -0.2) is 4.98 Å². The average Bonchev–Trinajstić information content (AvgIpc) is 2.95. The number of fused-ring (bicyclic) bond motifs is 1. The number of hydrogen-bond donors (Lipinski definition) is 0. The zero-order valence-corrected chi connectivity index (χ0v) is 13.8. The first-order chi connectivity index (χ1) is 11.3. The van der Waals surface area contributed by atoms with Crippen LogP contribution >= 0.6 is 23.4 Å². The van der Waals surface area contributed by atoms with E-state index in [0.717, 1.165) is 31.8 Å². The topological polar surface area (TPSA) is 17.3 Å². The van der Waals surface area contributed by atoms with E-state index < -0.39 is 0 Å². The Morgan fingerprint density at radius 2 is 1.70 bits per heavy atom. The first-order valence-corrected chi connectivity index (χ1v) is 8.47. The van der Waals surface area contributed by atoms with Crippen LogP contribution < -0.4 is 0 Å². The highest BCUT2D eigenvalue weighted by Crippen LogP contribution is 2.37. The van der Waals surface area contributed by atoms with Gasteiger partial charge in [0.05, 0.1) is 0 Å². The lowest BCUT2D eigenvalue weighted by molar-refractivity contribution is 1.05. The number of imidazole rings is 1. The van der Waals surface area contributed by atoms with Crippen molar-refractivity contribution in [1.82, 2.24) is 9.38 Å². The minimum absolute atomic E-state index is 0.741. The van der Waals surface area contributed by atoms with Crippen LogP contribution in [0.25, 0.3) is 16.9 Å². The molecular weight excluding hydrogens is 324 g/mol. The molecular formula is C19H13ClN2S. The molecule has 0 bridgehead atoms. The maximum absolute atomic E-state index is 6.12. The van der Waals surface area contributed by atoms with Crippen LogP contribution in [0.3, 0.4) is 0 Å². The molecule has 112 valence electrons. The van der Waals surface area contributed by atoms with E-state index in [1.165, 1.54) is 0 Å². The highest BCUT2D eigenvalue weighted by Gasteiger charge is 2.15. The number of nitrogens with zero attached hydrogens (tertiary/aromatic N) is 2. The molecule has 0 unspecified atom stereocenters. The fourth-order valence-electron chi connectivity index (χ4n) is 2.50. The largest absolute Gasteiger partial charge is 0.294 e. The first-order valence-electron chi connectivity index (χ1n) is 7.27. The smallest absolute Gasteiger partial charge is 0.138 e. The molecule has 0 saturated heterocycles. The molecule has 0 atom stereocenters. The quantitative estimate of drug-likeness (QED) is 0.470. The zero-order chi connectivity index (χ0) is 15.6. The maximum atomic E-state index is 6.12. The second-order valence-electron chi connectivity index (χ2n) is 5.12. The first kappa shape index (κ1) is 14.4. The van der Waals surface area contributed by atoms with Crippen LogP contribution in [0.5, 0.6) is 0 Å². The normalized spacial score (nSPS) is 11.0. The minimum atomic E-state index is 0.741. The van der Waals surface area contributed by atoms with Crippen LogP contribution in [-0.4, -0.2) is 9.38 Å². The van der Waals surface area contributed by atoms with Crippen molar-refractivity contribution < 1.29 is 0 Å². The summed E-state index contributed by atoms with van der Waals surface area (Å²) in [6.45, 7) is 0. The van der Waals surface area contributed by atoms with Gasteiger partial charge >= 0.3 is 0 Å². The summed E-state index contributed by atoms with van der Waals surface area (Å²) in [5.74, 6) is 0. The van der Waals surface area contributed by atoms with Gasteiger partial charge in [0.15, 0.2) is 0 Å². The summed E-state index contributed by atoms with van der Waals surface area (Å²) >= 11 is 7.80. The van der Waals surface area contributed by atoms with Crippen LogP contribution in [-0.2, 0) is 0 Å². The highest BCUT2D eigenvalue weighted by atomic mass is 35.5. The van der Waals surface area contributed by atoms with Crippen LogP contribution in [0, 0.1) is 0 Å². The third-order valence-corrected chi connectivity index (χ3v) is 4.85. The second-order valence-corrected chi connectivity index (χ2v) is 6.62. The highest BCUT2D eigenvalue weighted by molar-refractivity contribution is 7.99. The average molecular weight is 337 g/mol. The number of halogens is 1. The van der Waals surface area contributed by atoms with Crippen molar-refractivity contribution in [3.05, 3.63) is 84.0 Å². The molecule has 4 rings (SSSR count). The van der Waals surface area contributed by atoms with Gasteiger partial charge in [-0.1, -0.05) is 65.8 Å². The molecule has 0 aliphatic carbocycles. The van der Waals surface area contributed by atoms with Crippen molar-refractivity contribution in [3.63, 3.8) is 0 Å². The monoisotopic (exact) mass is 336 g/mol. The van der Waals surface area contributed by atoms with Crippen molar-refractivity contribution >= 4 is 29.0 Å². The molecule has 2 nitrogen and oxygen atoms in total. The molecule has 0 amide bonds. The number of hydrogen-bond acceptors (Lipinski definition) is 2. The lowest BCUT2D eigenvalue weighted by Crippen LogP contribution is -1.86. The Balaban J connectivity index is 1.89. The SMILES string of the molecule is Clc1cccc(Sc2c(-c3ccccc3)nc3ccccn23)c1. The molecule has 23 heavy (non-hydrogen) atoms.